The molecule has 2 aromatic rings. The van der Waals surface area contributed by atoms with Gasteiger partial charge in [-0.3, -0.25) is 19.0 Å². The van der Waals surface area contributed by atoms with Crippen LogP contribution in [0.4, 0.5) is 0 Å². The molecule has 0 bridgehead atoms. The van der Waals surface area contributed by atoms with Gasteiger partial charge in [-0.25, -0.2) is 4.98 Å². The van der Waals surface area contributed by atoms with Crippen LogP contribution in [0.2, 0.25) is 0 Å². The number of para-hydroxylation sites is 2. The van der Waals surface area contributed by atoms with Gasteiger partial charge >= 0.3 is 5.97 Å². The van der Waals surface area contributed by atoms with E-state index in [1.165, 1.54) is 10.8 Å². The number of rotatable bonds is 4. The van der Waals surface area contributed by atoms with Crippen molar-refractivity contribution in [3.05, 3.63) is 40.8 Å². The quantitative estimate of drug-likeness (QED) is 0.770. The second kappa shape index (κ2) is 6.60. The molecule has 1 aromatic carbocycles. The molecule has 0 atom stereocenters. The Balaban J connectivity index is 1.67. The van der Waals surface area contributed by atoms with Crippen LogP contribution in [0.5, 0.6) is 0 Å². The molecule has 23 heavy (non-hydrogen) atoms. The van der Waals surface area contributed by atoms with Crippen molar-refractivity contribution in [2.75, 3.05) is 19.7 Å². The van der Waals surface area contributed by atoms with Crippen LogP contribution < -0.4 is 5.56 Å². The van der Waals surface area contributed by atoms with Gasteiger partial charge in [-0.2, -0.15) is 0 Å². The summed E-state index contributed by atoms with van der Waals surface area (Å²) in [7, 11) is 0. The van der Waals surface area contributed by atoms with Crippen LogP contribution in [-0.4, -0.2) is 46.0 Å². The number of fused-ring (bicyclic) bond motifs is 1. The summed E-state index contributed by atoms with van der Waals surface area (Å²) in [5.41, 5.74) is 0.794. The molecule has 0 N–H and O–H groups in total. The van der Waals surface area contributed by atoms with E-state index in [0.717, 1.165) is 12.8 Å². The Kier molecular flexibility index (Phi) is 4.36. The molecule has 1 amide bonds. The molecule has 1 saturated heterocycles. The zero-order chi connectivity index (χ0) is 16.2. The number of carbonyl (C=O) groups is 2. The van der Waals surface area contributed by atoms with Gasteiger partial charge < -0.3 is 9.64 Å². The molecule has 1 aliphatic heterocycles. The van der Waals surface area contributed by atoms with Gasteiger partial charge in [0.1, 0.15) is 6.54 Å². The lowest BCUT2D eigenvalue weighted by atomic mass is 10.3. The highest BCUT2D eigenvalue weighted by molar-refractivity contribution is 5.81. The minimum absolute atomic E-state index is 0.192. The SMILES string of the molecule is O=C(Cn1c(=O)cnc2ccccc21)OCC(=O)N1CCCC1. The maximum atomic E-state index is 12.0. The summed E-state index contributed by atoms with van der Waals surface area (Å²) in [5, 5.41) is 0. The highest BCUT2D eigenvalue weighted by atomic mass is 16.5. The molecule has 0 spiro atoms. The van der Waals surface area contributed by atoms with Crippen molar-refractivity contribution in [3.8, 4) is 0 Å². The minimum Gasteiger partial charge on any atom is -0.454 e. The van der Waals surface area contributed by atoms with E-state index in [0.29, 0.717) is 24.1 Å². The van der Waals surface area contributed by atoms with Gasteiger partial charge in [-0.15, -0.1) is 0 Å². The number of esters is 1. The Morgan fingerprint density at radius 3 is 2.70 bits per heavy atom. The third kappa shape index (κ3) is 3.39. The molecule has 1 aliphatic rings. The van der Waals surface area contributed by atoms with E-state index in [2.05, 4.69) is 4.98 Å². The second-order valence-electron chi connectivity index (χ2n) is 5.42. The van der Waals surface area contributed by atoms with Gasteiger partial charge in [0.25, 0.3) is 11.5 Å². The number of hydrogen-bond acceptors (Lipinski definition) is 5. The van der Waals surface area contributed by atoms with Crippen molar-refractivity contribution in [1.29, 1.82) is 0 Å². The van der Waals surface area contributed by atoms with Crippen LogP contribution in [-0.2, 0) is 20.9 Å². The number of benzene rings is 1. The molecular formula is C16H17N3O4. The molecule has 7 heteroatoms. The molecule has 2 heterocycles. The van der Waals surface area contributed by atoms with Crippen LogP contribution in [0.15, 0.2) is 35.3 Å². The van der Waals surface area contributed by atoms with E-state index in [1.54, 1.807) is 29.2 Å². The zero-order valence-corrected chi connectivity index (χ0v) is 12.6. The molecule has 0 aliphatic carbocycles. The van der Waals surface area contributed by atoms with Crippen molar-refractivity contribution < 1.29 is 14.3 Å². The summed E-state index contributed by atoms with van der Waals surface area (Å²) in [6, 6.07) is 7.04. The van der Waals surface area contributed by atoms with Crippen molar-refractivity contribution in [1.82, 2.24) is 14.5 Å². The number of amides is 1. The Morgan fingerprint density at radius 1 is 1.17 bits per heavy atom. The van der Waals surface area contributed by atoms with Gasteiger partial charge in [0, 0.05) is 13.1 Å². The first-order valence-corrected chi connectivity index (χ1v) is 7.53. The van der Waals surface area contributed by atoms with Crippen molar-refractivity contribution in [3.63, 3.8) is 0 Å². The summed E-state index contributed by atoms with van der Waals surface area (Å²) in [6.45, 7) is 0.904. The predicted molar refractivity (Wildman–Crippen MR) is 82.8 cm³/mol. The molecule has 7 nitrogen and oxygen atoms in total. The number of hydrogen-bond donors (Lipinski definition) is 0. The van der Waals surface area contributed by atoms with Crippen molar-refractivity contribution in [2.24, 2.45) is 0 Å². The van der Waals surface area contributed by atoms with Crippen LogP contribution in [0.1, 0.15) is 12.8 Å². The van der Waals surface area contributed by atoms with Gasteiger partial charge in [0.05, 0.1) is 17.2 Å². The number of likely N-dealkylation sites (tertiary alicyclic amines) is 1. The second-order valence-corrected chi connectivity index (χ2v) is 5.42. The smallest absolute Gasteiger partial charge is 0.326 e. The van der Waals surface area contributed by atoms with Crippen LogP contribution in [0.3, 0.4) is 0 Å². The molecule has 1 aromatic heterocycles. The molecule has 0 unspecified atom stereocenters. The maximum Gasteiger partial charge on any atom is 0.326 e. The van der Waals surface area contributed by atoms with Crippen molar-refractivity contribution in [2.45, 2.75) is 19.4 Å². The highest BCUT2D eigenvalue weighted by Gasteiger charge is 2.19. The van der Waals surface area contributed by atoms with Crippen molar-refractivity contribution >= 4 is 22.9 Å². The first-order valence-electron chi connectivity index (χ1n) is 7.53. The maximum absolute atomic E-state index is 12.0. The van der Waals surface area contributed by atoms with E-state index in [1.807, 2.05) is 0 Å². The summed E-state index contributed by atoms with van der Waals surface area (Å²) in [5.74, 6) is -0.807. The lowest BCUT2D eigenvalue weighted by Gasteiger charge is -2.15. The molecule has 0 radical (unpaired) electrons. The fourth-order valence-electron chi connectivity index (χ4n) is 2.65. The van der Waals surface area contributed by atoms with Crippen LogP contribution >= 0.6 is 0 Å². The van der Waals surface area contributed by atoms with E-state index in [-0.39, 0.29) is 24.6 Å². The Bertz CT molecular complexity index is 793. The topological polar surface area (TPSA) is 81.5 Å². The Morgan fingerprint density at radius 2 is 1.91 bits per heavy atom. The Hall–Kier alpha value is -2.70. The number of aromatic nitrogens is 2. The van der Waals surface area contributed by atoms with Gasteiger partial charge in [0.2, 0.25) is 0 Å². The molecule has 0 saturated carbocycles. The van der Waals surface area contributed by atoms with Gasteiger partial charge in [0.15, 0.2) is 6.61 Å². The summed E-state index contributed by atoms with van der Waals surface area (Å²) < 4.78 is 6.31. The Labute approximate surface area is 132 Å². The van der Waals surface area contributed by atoms with Crippen LogP contribution in [0, 0.1) is 0 Å². The average molecular weight is 315 g/mol. The fourth-order valence-corrected chi connectivity index (χ4v) is 2.65. The van der Waals surface area contributed by atoms with E-state index < -0.39 is 5.97 Å². The molecular weight excluding hydrogens is 298 g/mol. The van der Waals surface area contributed by atoms with Gasteiger partial charge in [-0.05, 0) is 25.0 Å². The normalized spacial score (nSPS) is 14.2. The third-order valence-corrected chi connectivity index (χ3v) is 3.86. The lowest BCUT2D eigenvalue weighted by Crippen LogP contribution is -2.33. The standard InChI is InChI=1S/C16H17N3O4/c20-14-9-17-12-5-1-2-6-13(12)19(14)10-16(22)23-11-15(21)18-7-3-4-8-18/h1-2,5-6,9H,3-4,7-8,10-11H2. The lowest BCUT2D eigenvalue weighted by molar-refractivity contribution is -0.152. The summed E-state index contributed by atoms with van der Waals surface area (Å²) >= 11 is 0. The molecule has 1 fully saturated rings. The van der Waals surface area contributed by atoms with E-state index in [4.69, 9.17) is 4.74 Å². The average Bonchev–Trinajstić information content (AvgIpc) is 3.10. The first-order chi connectivity index (χ1) is 11.1. The van der Waals surface area contributed by atoms with E-state index >= 15 is 0 Å². The third-order valence-electron chi connectivity index (χ3n) is 3.86. The van der Waals surface area contributed by atoms with E-state index in [9.17, 15) is 14.4 Å². The molecule has 120 valence electrons. The number of carbonyl (C=O) groups excluding carboxylic acids is 2. The predicted octanol–water partition coefficient (Wildman–Crippen LogP) is 0.562. The number of ether oxygens (including phenoxy) is 1. The monoisotopic (exact) mass is 315 g/mol. The molecule has 3 rings (SSSR count). The summed E-state index contributed by atoms with van der Waals surface area (Å²) in [4.78, 5) is 41.5. The summed E-state index contributed by atoms with van der Waals surface area (Å²) in [6.07, 6.45) is 3.14. The minimum atomic E-state index is -0.615. The first kappa shape index (κ1) is 15.2. The largest absolute Gasteiger partial charge is 0.454 e. The highest BCUT2D eigenvalue weighted by Crippen LogP contribution is 2.09. The zero-order valence-electron chi connectivity index (χ0n) is 12.6. The van der Waals surface area contributed by atoms with Crippen LogP contribution in [0.25, 0.3) is 11.0 Å². The van der Waals surface area contributed by atoms with Gasteiger partial charge in [-0.1, -0.05) is 12.1 Å². The fraction of sp³-hybridized carbons (Fsp3) is 0.375. The number of nitrogens with zero attached hydrogens (tertiary/aromatic N) is 3.